The third kappa shape index (κ3) is 3.46. The lowest BCUT2D eigenvalue weighted by Gasteiger charge is -2.11. The van der Waals surface area contributed by atoms with E-state index in [1.165, 1.54) is 19.3 Å². The van der Waals surface area contributed by atoms with E-state index in [0.29, 0.717) is 5.92 Å². The zero-order valence-corrected chi connectivity index (χ0v) is 13.8. The highest BCUT2D eigenvalue weighted by Crippen LogP contribution is 2.29. The molecule has 0 aromatic heterocycles. The molecule has 0 radical (unpaired) electrons. The van der Waals surface area contributed by atoms with Crippen LogP contribution < -0.4 is 5.32 Å². The number of rotatable bonds is 3. The van der Waals surface area contributed by atoms with Crippen LogP contribution in [0.15, 0.2) is 40.9 Å². The number of halogens is 1. The van der Waals surface area contributed by atoms with Gasteiger partial charge in [0.2, 0.25) is 0 Å². The second kappa shape index (κ2) is 6.18. The Hall–Kier alpha value is -1.35. The molecule has 1 saturated carbocycles. The van der Waals surface area contributed by atoms with Crippen LogP contribution in [0.5, 0.6) is 0 Å². The van der Waals surface area contributed by atoms with Gasteiger partial charge >= 0.3 is 0 Å². The van der Waals surface area contributed by atoms with Crippen LogP contribution in [0.25, 0.3) is 10.8 Å². The number of fused-ring (bicyclic) bond motifs is 1. The first-order valence-corrected chi connectivity index (χ1v) is 8.38. The topological polar surface area (TPSA) is 29.1 Å². The van der Waals surface area contributed by atoms with Crippen molar-refractivity contribution in [3.8, 4) is 0 Å². The maximum atomic E-state index is 12.3. The summed E-state index contributed by atoms with van der Waals surface area (Å²) in [6, 6.07) is 12.0. The summed E-state index contributed by atoms with van der Waals surface area (Å²) in [7, 11) is 0. The lowest BCUT2D eigenvalue weighted by molar-refractivity contribution is 0.0947. The van der Waals surface area contributed by atoms with Gasteiger partial charge in [-0.3, -0.25) is 4.79 Å². The second-order valence-electron chi connectivity index (χ2n) is 6.20. The molecule has 1 N–H and O–H groups in total. The molecule has 0 bridgehead atoms. The van der Waals surface area contributed by atoms with Gasteiger partial charge in [0.05, 0.1) is 0 Å². The molecule has 0 saturated heterocycles. The van der Waals surface area contributed by atoms with Crippen LogP contribution in [0.2, 0.25) is 0 Å². The van der Waals surface area contributed by atoms with Gasteiger partial charge in [-0.2, -0.15) is 0 Å². The standard InChI is InChI=1S/C18H20BrNO/c1-12-2-3-13(8-12)11-20-18(21)16-5-4-15-10-17(19)7-6-14(15)9-16/h4-7,9-10,12-13H,2-3,8,11H2,1H3,(H,20,21). The summed E-state index contributed by atoms with van der Waals surface area (Å²) in [6.07, 6.45) is 3.78. The van der Waals surface area contributed by atoms with E-state index in [1.54, 1.807) is 0 Å². The molecule has 21 heavy (non-hydrogen) atoms. The molecule has 2 aromatic carbocycles. The van der Waals surface area contributed by atoms with Crippen LogP contribution in [0.1, 0.15) is 36.5 Å². The number of nitrogens with one attached hydrogen (secondary N) is 1. The van der Waals surface area contributed by atoms with Crippen LogP contribution in [0.4, 0.5) is 0 Å². The fourth-order valence-corrected chi connectivity index (χ4v) is 3.59. The predicted octanol–water partition coefficient (Wildman–Crippen LogP) is 4.77. The van der Waals surface area contributed by atoms with Crippen molar-refractivity contribution in [3.05, 3.63) is 46.4 Å². The van der Waals surface area contributed by atoms with Gasteiger partial charge in [-0.1, -0.05) is 41.4 Å². The molecule has 3 rings (SSSR count). The third-order valence-electron chi connectivity index (χ3n) is 4.42. The van der Waals surface area contributed by atoms with Crippen molar-refractivity contribution >= 4 is 32.6 Å². The van der Waals surface area contributed by atoms with E-state index in [9.17, 15) is 4.79 Å². The summed E-state index contributed by atoms with van der Waals surface area (Å²) in [6.45, 7) is 3.10. The third-order valence-corrected chi connectivity index (χ3v) is 4.91. The number of hydrogen-bond acceptors (Lipinski definition) is 1. The van der Waals surface area contributed by atoms with E-state index < -0.39 is 0 Å². The summed E-state index contributed by atoms with van der Waals surface area (Å²) in [5.41, 5.74) is 0.746. The second-order valence-corrected chi connectivity index (χ2v) is 7.12. The minimum absolute atomic E-state index is 0.0411. The number of benzene rings is 2. The summed E-state index contributed by atoms with van der Waals surface area (Å²) in [5.74, 6) is 1.51. The van der Waals surface area contributed by atoms with Crippen molar-refractivity contribution in [3.63, 3.8) is 0 Å². The number of carbonyl (C=O) groups excluding carboxylic acids is 1. The molecule has 110 valence electrons. The average Bonchev–Trinajstić information content (AvgIpc) is 2.90. The van der Waals surface area contributed by atoms with E-state index >= 15 is 0 Å². The van der Waals surface area contributed by atoms with Crippen molar-refractivity contribution in [1.82, 2.24) is 5.32 Å². The number of carbonyl (C=O) groups is 1. The van der Waals surface area contributed by atoms with E-state index in [-0.39, 0.29) is 5.91 Å². The molecule has 1 aliphatic rings. The largest absolute Gasteiger partial charge is 0.352 e. The Balaban J connectivity index is 1.68. The van der Waals surface area contributed by atoms with Crippen LogP contribution in [0.3, 0.4) is 0 Å². The monoisotopic (exact) mass is 345 g/mol. The Labute approximate surface area is 134 Å². The molecule has 0 aliphatic heterocycles. The van der Waals surface area contributed by atoms with Gasteiger partial charge in [0.1, 0.15) is 0 Å². The summed E-state index contributed by atoms with van der Waals surface area (Å²) in [4.78, 5) is 12.3. The van der Waals surface area contributed by atoms with Gasteiger partial charge in [0, 0.05) is 16.6 Å². The molecule has 1 aliphatic carbocycles. The Morgan fingerprint density at radius 2 is 1.95 bits per heavy atom. The van der Waals surface area contributed by atoms with Crippen LogP contribution in [-0.4, -0.2) is 12.5 Å². The highest BCUT2D eigenvalue weighted by Gasteiger charge is 2.21. The molecule has 2 nitrogen and oxygen atoms in total. The Morgan fingerprint density at radius 1 is 1.19 bits per heavy atom. The molecular weight excluding hydrogens is 326 g/mol. The highest BCUT2D eigenvalue weighted by molar-refractivity contribution is 9.10. The van der Waals surface area contributed by atoms with E-state index in [1.807, 2.05) is 30.3 Å². The molecule has 2 aromatic rings. The van der Waals surface area contributed by atoms with Crippen LogP contribution >= 0.6 is 15.9 Å². The Morgan fingerprint density at radius 3 is 2.71 bits per heavy atom. The van der Waals surface area contributed by atoms with Crippen molar-refractivity contribution in [2.75, 3.05) is 6.54 Å². The Bertz CT molecular complexity index is 667. The lowest BCUT2D eigenvalue weighted by Crippen LogP contribution is -2.28. The number of amides is 1. The minimum atomic E-state index is 0.0411. The quantitative estimate of drug-likeness (QED) is 0.852. The van der Waals surface area contributed by atoms with E-state index in [0.717, 1.165) is 33.3 Å². The first-order chi connectivity index (χ1) is 10.1. The summed E-state index contributed by atoms with van der Waals surface area (Å²) >= 11 is 3.47. The predicted molar refractivity (Wildman–Crippen MR) is 90.5 cm³/mol. The van der Waals surface area contributed by atoms with E-state index in [4.69, 9.17) is 0 Å². The SMILES string of the molecule is CC1CCC(CNC(=O)c2ccc3cc(Br)ccc3c2)C1. The van der Waals surface area contributed by atoms with E-state index in [2.05, 4.69) is 34.2 Å². The number of hydrogen-bond donors (Lipinski definition) is 1. The van der Waals surface area contributed by atoms with Crippen molar-refractivity contribution < 1.29 is 4.79 Å². The van der Waals surface area contributed by atoms with Gasteiger partial charge in [-0.15, -0.1) is 0 Å². The molecule has 0 spiro atoms. The van der Waals surface area contributed by atoms with Gasteiger partial charge in [0.25, 0.3) is 5.91 Å². The van der Waals surface area contributed by atoms with Crippen LogP contribution in [-0.2, 0) is 0 Å². The maximum Gasteiger partial charge on any atom is 0.251 e. The molecule has 2 unspecified atom stereocenters. The van der Waals surface area contributed by atoms with Gasteiger partial charge in [-0.05, 0) is 59.7 Å². The lowest BCUT2D eigenvalue weighted by atomic mass is 10.0. The highest BCUT2D eigenvalue weighted by atomic mass is 79.9. The van der Waals surface area contributed by atoms with Gasteiger partial charge in [0.15, 0.2) is 0 Å². The first-order valence-electron chi connectivity index (χ1n) is 7.59. The molecule has 2 atom stereocenters. The summed E-state index contributed by atoms with van der Waals surface area (Å²) < 4.78 is 1.06. The van der Waals surface area contributed by atoms with Gasteiger partial charge in [-0.25, -0.2) is 0 Å². The first kappa shape index (κ1) is 14.6. The van der Waals surface area contributed by atoms with Gasteiger partial charge < -0.3 is 5.32 Å². The molecular formula is C18H20BrNO. The van der Waals surface area contributed by atoms with Crippen molar-refractivity contribution in [2.24, 2.45) is 11.8 Å². The van der Waals surface area contributed by atoms with Crippen LogP contribution in [0, 0.1) is 11.8 Å². The summed E-state index contributed by atoms with van der Waals surface area (Å²) in [5, 5.41) is 5.33. The smallest absolute Gasteiger partial charge is 0.251 e. The maximum absolute atomic E-state index is 12.3. The molecule has 3 heteroatoms. The zero-order chi connectivity index (χ0) is 14.8. The average molecular weight is 346 g/mol. The molecule has 1 amide bonds. The normalized spacial score (nSPS) is 21.6. The molecule has 1 fully saturated rings. The fourth-order valence-electron chi connectivity index (χ4n) is 3.21. The molecule has 0 heterocycles. The minimum Gasteiger partial charge on any atom is -0.352 e. The Kier molecular flexibility index (Phi) is 4.29. The van der Waals surface area contributed by atoms with Crippen molar-refractivity contribution in [1.29, 1.82) is 0 Å². The zero-order valence-electron chi connectivity index (χ0n) is 12.2. The fraction of sp³-hybridized carbons (Fsp3) is 0.389. The van der Waals surface area contributed by atoms with Crippen molar-refractivity contribution in [2.45, 2.75) is 26.2 Å².